The molecule has 0 radical (unpaired) electrons. The van der Waals surface area contributed by atoms with Gasteiger partial charge in [0.25, 0.3) is 0 Å². The maximum atomic E-state index is 11.8. The minimum absolute atomic E-state index is 0.0803. The fourth-order valence-electron chi connectivity index (χ4n) is 2.69. The Bertz CT molecular complexity index is 416. The number of rotatable bonds is 7. The summed E-state index contributed by atoms with van der Waals surface area (Å²) in [6, 6.07) is 10.4. The summed E-state index contributed by atoms with van der Waals surface area (Å²) in [5.74, 6) is 0. The molecule has 4 heteroatoms. The van der Waals surface area contributed by atoms with Crippen LogP contribution in [0.15, 0.2) is 30.3 Å². The maximum Gasteiger partial charge on any atom is 0.314 e. The number of methoxy groups -OCH3 is 1. The van der Waals surface area contributed by atoms with Gasteiger partial charge in [0.1, 0.15) is 0 Å². The van der Waals surface area contributed by atoms with Gasteiger partial charge in [0.05, 0.1) is 0 Å². The van der Waals surface area contributed by atoms with E-state index in [0.717, 1.165) is 19.3 Å². The molecule has 0 aromatic heterocycles. The van der Waals surface area contributed by atoms with Crippen LogP contribution in [-0.2, 0) is 10.2 Å². The van der Waals surface area contributed by atoms with Crippen LogP contribution in [0.2, 0.25) is 0 Å². The van der Waals surface area contributed by atoms with Crippen LogP contribution >= 0.6 is 0 Å². The number of hydrogen-bond donors (Lipinski definition) is 2. The summed E-state index contributed by atoms with van der Waals surface area (Å²) < 4.78 is 4.95. The second kappa shape index (κ2) is 7.29. The molecule has 1 aromatic rings. The summed E-state index contributed by atoms with van der Waals surface area (Å²) in [6.07, 6.45) is 4.39. The Balaban J connectivity index is 1.78. The molecule has 1 aliphatic rings. The molecule has 1 fully saturated rings. The van der Waals surface area contributed by atoms with Crippen molar-refractivity contribution in [3.05, 3.63) is 35.9 Å². The van der Waals surface area contributed by atoms with Gasteiger partial charge >= 0.3 is 6.03 Å². The Hall–Kier alpha value is -1.55. The summed E-state index contributed by atoms with van der Waals surface area (Å²) in [5, 5.41) is 5.87. The van der Waals surface area contributed by atoms with Gasteiger partial charge in [0.2, 0.25) is 0 Å². The number of ether oxygens (including phenoxy) is 1. The molecule has 0 unspecified atom stereocenters. The number of urea groups is 1. The van der Waals surface area contributed by atoms with Crippen molar-refractivity contribution in [2.24, 2.45) is 0 Å². The van der Waals surface area contributed by atoms with E-state index in [1.165, 1.54) is 12.0 Å². The van der Waals surface area contributed by atoms with Crippen LogP contribution in [0.25, 0.3) is 0 Å². The molecule has 2 rings (SSSR count). The second-order valence-electron chi connectivity index (χ2n) is 5.46. The van der Waals surface area contributed by atoms with Crippen molar-refractivity contribution in [2.45, 2.75) is 31.1 Å². The molecule has 4 nitrogen and oxygen atoms in total. The topological polar surface area (TPSA) is 50.4 Å². The standard InChI is InChI=1S/C16H24N2O2/c1-20-12-6-11-17-15(19)18-13-16(9-5-10-16)14-7-3-2-4-8-14/h2-4,7-8H,5-6,9-13H2,1H3,(H2,17,18,19). The van der Waals surface area contributed by atoms with Gasteiger partial charge in [-0.05, 0) is 24.8 Å². The molecule has 2 amide bonds. The number of nitrogens with one attached hydrogen (secondary N) is 2. The fraction of sp³-hybridized carbons (Fsp3) is 0.562. The number of benzene rings is 1. The zero-order chi connectivity index (χ0) is 14.3. The smallest absolute Gasteiger partial charge is 0.314 e. The van der Waals surface area contributed by atoms with Crippen LogP contribution in [0.5, 0.6) is 0 Å². The molecular formula is C16H24N2O2. The van der Waals surface area contributed by atoms with E-state index in [1.54, 1.807) is 7.11 Å². The lowest BCUT2D eigenvalue weighted by molar-refractivity contribution is 0.192. The molecule has 0 spiro atoms. The number of carbonyl (C=O) groups excluding carboxylic acids is 1. The van der Waals surface area contributed by atoms with Crippen LogP contribution in [0.3, 0.4) is 0 Å². The molecule has 20 heavy (non-hydrogen) atoms. The van der Waals surface area contributed by atoms with E-state index in [4.69, 9.17) is 4.74 Å². The first kappa shape index (κ1) is 14.9. The SMILES string of the molecule is COCCCNC(=O)NCC1(c2ccccc2)CCC1. The third-order valence-electron chi connectivity index (χ3n) is 4.09. The molecule has 0 saturated heterocycles. The minimum Gasteiger partial charge on any atom is -0.385 e. The quantitative estimate of drug-likeness (QED) is 0.752. The average molecular weight is 276 g/mol. The van der Waals surface area contributed by atoms with Gasteiger partial charge in [0.15, 0.2) is 0 Å². The fourth-order valence-corrected chi connectivity index (χ4v) is 2.69. The highest BCUT2D eigenvalue weighted by Gasteiger charge is 2.38. The highest BCUT2D eigenvalue weighted by atomic mass is 16.5. The summed E-state index contributed by atoms with van der Waals surface area (Å²) in [5.41, 5.74) is 1.48. The summed E-state index contributed by atoms with van der Waals surface area (Å²) >= 11 is 0. The van der Waals surface area contributed by atoms with Crippen molar-refractivity contribution in [3.8, 4) is 0 Å². The van der Waals surface area contributed by atoms with Gasteiger partial charge in [-0.15, -0.1) is 0 Å². The first-order valence-electron chi connectivity index (χ1n) is 7.33. The Labute approximate surface area is 120 Å². The summed E-state index contributed by atoms with van der Waals surface area (Å²) in [4.78, 5) is 11.8. The van der Waals surface area contributed by atoms with Crippen molar-refractivity contribution in [1.82, 2.24) is 10.6 Å². The maximum absolute atomic E-state index is 11.8. The Morgan fingerprint density at radius 3 is 2.60 bits per heavy atom. The number of hydrogen-bond acceptors (Lipinski definition) is 2. The normalized spacial score (nSPS) is 16.2. The molecule has 1 saturated carbocycles. The highest BCUT2D eigenvalue weighted by molar-refractivity contribution is 5.74. The zero-order valence-corrected chi connectivity index (χ0v) is 12.2. The van der Waals surface area contributed by atoms with Crippen LogP contribution in [0.4, 0.5) is 4.79 Å². The van der Waals surface area contributed by atoms with Crippen molar-refractivity contribution in [1.29, 1.82) is 0 Å². The van der Waals surface area contributed by atoms with Crippen molar-refractivity contribution in [2.75, 3.05) is 26.8 Å². The van der Waals surface area contributed by atoms with Gasteiger partial charge in [-0.2, -0.15) is 0 Å². The number of carbonyl (C=O) groups is 1. The molecule has 0 aliphatic heterocycles. The van der Waals surface area contributed by atoms with E-state index in [0.29, 0.717) is 19.7 Å². The zero-order valence-electron chi connectivity index (χ0n) is 12.2. The van der Waals surface area contributed by atoms with Gasteiger partial charge in [-0.3, -0.25) is 0 Å². The molecule has 0 atom stereocenters. The largest absolute Gasteiger partial charge is 0.385 e. The molecule has 0 heterocycles. The van der Waals surface area contributed by atoms with Crippen molar-refractivity contribution >= 4 is 6.03 Å². The Morgan fingerprint density at radius 1 is 1.25 bits per heavy atom. The Morgan fingerprint density at radius 2 is 2.00 bits per heavy atom. The van der Waals surface area contributed by atoms with Crippen molar-refractivity contribution < 1.29 is 9.53 Å². The van der Waals surface area contributed by atoms with Crippen LogP contribution in [-0.4, -0.2) is 32.8 Å². The average Bonchev–Trinajstić information content (AvgIpc) is 2.44. The molecule has 0 bridgehead atoms. The second-order valence-corrected chi connectivity index (χ2v) is 5.46. The summed E-state index contributed by atoms with van der Waals surface area (Å²) in [6.45, 7) is 2.04. The first-order chi connectivity index (χ1) is 9.77. The lowest BCUT2D eigenvalue weighted by Gasteiger charge is -2.42. The van der Waals surface area contributed by atoms with E-state index < -0.39 is 0 Å². The van der Waals surface area contributed by atoms with Crippen LogP contribution < -0.4 is 10.6 Å². The van der Waals surface area contributed by atoms with E-state index in [-0.39, 0.29) is 11.4 Å². The lowest BCUT2D eigenvalue weighted by Crippen LogP contribution is -2.48. The van der Waals surface area contributed by atoms with E-state index >= 15 is 0 Å². The molecule has 1 aromatic carbocycles. The molecule has 110 valence electrons. The van der Waals surface area contributed by atoms with E-state index in [1.807, 2.05) is 6.07 Å². The minimum atomic E-state index is -0.0803. The third kappa shape index (κ3) is 3.73. The van der Waals surface area contributed by atoms with E-state index in [2.05, 4.69) is 34.9 Å². The lowest BCUT2D eigenvalue weighted by atomic mass is 9.64. The predicted molar refractivity (Wildman–Crippen MR) is 79.9 cm³/mol. The van der Waals surface area contributed by atoms with Gasteiger partial charge in [-0.1, -0.05) is 36.8 Å². The molecular weight excluding hydrogens is 252 g/mol. The number of amides is 2. The Kier molecular flexibility index (Phi) is 5.41. The van der Waals surface area contributed by atoms with Crippen LogP contribution in [0.1, 0.15) is 31.2 Å². The van der Waals surface area contributed by atoms with Crippen molar-refractivity contribution in [3.63, 3.8) is 0 Å². The van der Waals surface area contributed by atoms with Crippen LogP contribution in [0, 0.1) is 0 Å². The van der Waals surface area contributed by atoms with E-state index in [9.17, 15) is 4.79 Å². The monoisotopic (exact) mass is 276 g/mol. The van der Waals surface area contributed by atoms with Gasteiger partial charge in [-0.25, -0.2) is 4.79 Å². The third-order valence-corrected chi connectivity index (χ3v) is 4.09. The summed E-state index contributed by atoms with van der Waals surface area (Å²) in [7, 11) is 1.67. The molecule has 1 aliphatic carbocycles. The first-order valence-corrected chi connectivity index (χ1v) is 7.33. The molecule has 2 N–H and O–H groups in total. The predicted octanol–water partition coefficient (Wildman–Crippen LogP) is 2.44. The van der Waals surface area contributed by atoms with Gasteiger partial charge < -0.3 is 15.4 Å². The van der Waals surface area contributed by atoms with Gasteiger partial charge in [0, 0.05) is 32.2 Å². The highest BCUT2D eigenvalue weighted by Crippen LogP contribution is 2.42.